The highest BCUT2D eigenvalue weighted by Crippen LogP contribution is 1.76. The van der Waals surface area contributed by atoms with E-state index in [9.17, 15) is 4.79 Å². The minimum absolute atomic E-state index is 0.183. The zero-order chi connectivity index (χ0) is 7.11. The van der Waals surface area contributed by atoms with Gasteiger partial charge in [-0.2, -0.15) is 0 Å². The van der Waals surface area contributed by atoms with Gasteiger partial charge in [0.05, 0.1) is 0 Å². The van der Waals surface area contributed by atoms with Crippen molar-refractivity contribution in [1.29, 1.82) is 0 Å². The lowest BCUT2D eigenvalue weighted by atomic mass is 10.6. The van der Waals surface area contributed by atoms with Crippen molar-refractivity contribution in [1.82, 2.24) is 5.48 Å². The van der Waals surface area contributed by atoms with Crippen molar-refractivity contribution >= 4 is 6.09 Å². The molecule has 0 aromatic rings. The molecule has 0 aromatic heterocycles. The first kappa shape index (κ1) is 7.97. The average molecular weight is 131 g/mol. The summed E-state index contributed by atoms with van der Waals surface area (Å²) in [6.45, 7) is 1.99. The number of hydrogen-bond acceptors (Lipinski definition) is 3. The Morgan fingerprint density at radius 2 is 2.56 bits per heavy atom. The van der Waals surface area contributed by atoms with E-state index >= 15 is 0 Å². The first-order chi connectivity index (χ1) is 4.31. The number of allylic oxidation sites excluding steroid dienone is 1. The van der Waals surface area contributed by atoms with Crippen molar-refractivity contribution in [3.63, 3.8) is 0 Å². The maximum atomic E-state index is 10.1. The molecule has 0 aliphatic heterocycles. The van der Waals surface area contributed by atoms with Gasteiger partial charge in [-0.3, -0.25) is 5.21 Å². The first-order valence-corrected chi connectivity index (χ1v) is 2.49. The molecule has 2 N–H and O–H groups in total. The van der Waals surface area contributed by atoms with Gasteiger partial charge in [0.2, 0.25) is 0 Å². The van der Waals surface area contributed by atoms with E-state index < -0.39 is 6.09 Å². The summed E-state index contributed by atoms with van der Waals surface area (Å²) >= 11 is 0. The summed E-state index contributed by atoms with van der Waals surface area (Å²) in [5.41, 5.74) is 1.33. The van der Waals surface area contributed by atoms with Crippen molar-refractivity contribution in [3.8, 4) is 0 Å². The van der Waals surface area contributed by atoms with Gasteiger partial charge in [0, 0.05) is 0 Å². The van der Waals surface area contributed by atoms with Crippen LogP contribution in [0.3, 0.4) is 0 Å². The largest absolute Gasteiger partial charge is 0.444 e. The molecule has 1 amide bonds. The van der Waals surface area contributed by atoms with Crippen LogP contribution in [0.2, 0.25) is 0 Å². The molecule has 4 heteroatoms. The molecule has 0 atom stereocenters. The monoisotopic (exact) mass is 131 g/mol. The van der Waals surface area contributed by atoms with Crippen LogP contribution in [-0.4, -0.2) is 17.9 Å². The van der Waals surface area contributed by atoms with Crippen LogP contribution in [0.4, 0.5) is 4.79 Å². The van der Waals surface area contributed by atoms with Gasteiger partial charge >= 0.3 is 6.09 Å². The van der Waals surface area contributed by atoms with E-state index in [0.717, 1.165) is 0 Å². The SMILES string of the molecule is C/C=C/COC(=O)NO. The summed E-state index contributed by atoms with van der Waals surface area (Å²) in [6.07, 6.45) is 2.55. The molecular formula is C5H9NO3. The van der Waals surface area contributed by atoms with Gasteiger partial charge in [-0.1, -0.05) is 12.2 Å². The number of hydrogen-bond donors (Lipinski definition) is 2. The van der Waals surface area contributed by atoms with E-state index in [1.165, 1.54) is 5.48 Å². The normalized spacial score (nSPS) is 9.56. The van der Waals surface area contributed by atoms with E-state index in [2.05, 4.69) is 4.74 Å². The Morgan fingerprint density at radius 3 is 3.00 bits per heavy atom. The second-order valence-corrected chi connectivity index (χ2v) is 1.28. The van der Waals surface area contributed by atoms with Crippen LogP contribution < -0.4 is 5.48 Å². The molecular weight excluding hydrogens is 122 g/mol. The summed E-state index contributed by atoms with van der Waals surface area (Å²) in [5, 5.41) is 7.89. The average Bonchev–Trinajstić information content (AvgIpc) is 1.89. The Balaban J connectivity index is 3.17. The van der Waals surface area contributed by atoms with Crippen LogP contribution in [0.25, 0.3) is 0 Å². The smallest absolute Gasteiger partial charge is 0.431 e. The minimum atomic E-state index is -0.840. The van der Waals surface area contributed by atoms with Gasteiger partial charge in [-0.05, 0) is 6.92 Å². The van der Waals surface area contributed by atoms with Crippen LogP contribution in [0.5, 0.6) is 0 Å². The Labute approximate surface area is 53.1 Å². The summed E-state index contributed by atoms with van der Waals surface area (Å²) in [6, 6.07) is 0. The van der Waals surface area contributed by atoms with Crippen molar-refractivity contribution in [2.45, 2.75) is 6.92 Å². The van der Waals surface area contributed by atoms with Crippen molar-refractivity contribution in [3.05, 3.63) is 12.2 Å². The first-order valence-electron chi connectivity index (χ1n) is 2.49. The number of carbonyl (C=O) groups excluding carboxylic acids is 1. The molecule has 0 rings (SSSR count). The van der Waals surface area contributed by atoms with Crippen LogP contribution in [0, 0.1) is 0 Å². The predicted molar refractivity (Wildman–Crippen MR) is 31.1 cm³/mol. The molecule has 0 unspecified atom stereocenters. The summed E-state index contributed by atoms with van der Waals surface area (Å²) in [7, 11) is 0. The van der Waals surface area contributed by atoms with Crippen molar-refractivity contribution in [2.75, 3.05) is 6.61 Å². The number of rotatable bonds is 2. The Bertz CT molecular complexity index is 111. The summed E-state index contributed by atoms with van der Waals surface area (Å²) in [4.78, 5) is 10.1. The fourth-order valence-corrected chi connectivity index (χ4v) is 0.252. The van der Waals surface area contributed by atoms with Gasteiger partial charge in [0.25, 0.3) is 0 Å². The van der Waals surface area contributed by atoms with Gasteiger partial charge in [-0.25, -0.2) is 10.3 Å². The standard InChI is InChI=1S/C5H9NO3/c1-2-3-4-9-5(7)6-8/h2-3,8H,4H2,1H3,(H,6,7)/b3-2+. The molecule has 0 heterocycles. The van der Waals surface area contributed by atoms with Crippen LogP contribution >= 0.6 is 0 Å². The lowest BCUT2D eigenvalue weighted by Gasteiger charge is -1.96. The molecule has 4 nitrogen and oxygen atoms in total. The molecule has 0 saturated heterocycles. The third-order valence-corrected chi connectivity index (χ3v) is 0.638. The zero-order valence-corrected chi connectivity index (χ0v) is 5.13. The summed E-state index contributed by atoms with van der Waals surface area (Å²) in [5.74, 6) is 0. The number of carbonyl (C=O) groups is 1. The van der Waals surface area contributed by atoms with Crippen LogP contribution in [0.15, 0.2) is 12.2 Å². The van der Waals surface area contributed by atoms with Crippen molar-refractivity contribution in [2.24, 2.45) is 0 Å². The maximum Gasteiger partial charge on any atom is 0.431 e. The highest BCUT2D eigenvalue weighted by molar-refractivity contribution is 5.65. The Hall–Kier alpha value is -1.03. The molecule has 9 heavy (non-hydrogen) atoms. The fraction of sp³-hybridized carbons (Fsp3) is 0.400. The van der Waals surface area contributed by atoms with Gasteiger partial charge in [0.1, 0.15) is 6.61 Å². The van der Waals surface area contributed by atoms with E-state index in [1.54, 1.807) is 19.1 Å². The maximum absolute atomic E-state index is 10.1. The molecule has 0 fully saturated rings. The van der Waals surface area contributed by atoms with Gasteiger partial charge in [-0.15, -0.1) is 0 Å². The number of amides is 1. The van der Waals surface area contributed by atoms with Gasteiger partial charge < -0.3 is 4.74 Å². The lowest BCUT2D eigenvalue weighted by molar-refractivity contribution is 0.0969. The second-order valence-electron chi connectivity index (χ2n) is 1.28. The van der Waals surface area contributed by atoms with Gasteiger partial charge in [0.15, 0.2) is 0 Å². The molecule has 0 aliphatic rings. The van der Waals surface area contributed by atoms with E-state index in [-0.39, 0.29) is 6.61 Å². The molecule has 0 aliphatic carbocycles. The lowest BCUT2D eigenvalue weighted by Crippen LogP contribution is -2.19. The molecule has 0 radical (unpaired) electrons. The zero-order valence-electron chi connectivity index (χ0n) is 5.13. The number of hydroxylamine groups is 1. The van der Waals surface area contributed by atoms with Crippen molar-refractivity contribution < 1.29 is 14.7 Å². The predicted octanol–water partition coefficient (Wildman–Crippen LogP) is 0.678. The third-order valence-electron chi connectivity index (χ3n) is 0.638. The topological polar surface area (TPSA) is 58.6 Å². The van der Waals surface area contributed by atoms with Crippen LogP contribution in [0.1, 0.15) is 6.92 Å². The van der Waals surface area contributed by atoms with E-state index in [4.69, 9.17) is 5.21 Å². The Kier molecular flexibility index (Phi) is 4.53. The number of nitrogens with one attached hydrogen (secondary N) is 1. The highest BCUT2D eigenvalue weighted by atomic mass is 16.6. The van der Waals surface area contributed by atoms with E-state index in [0.29, 0.717) is 0 Å². The minimum Gasteiger partial charge on any atom is -0.444 e. The molecule has 0 saturated carbocycles. The van der Waals surface area contributed by atoms with Crippen LogP contribution in [-0.2, 0) is 4.74 Å². The third kappa shape index (κ3) is 4.83. The quantitative estimate of drug-likeness (QED) is 0.329. The molecule has 0 aromatic carbocycles. The summed E-state index contributed by atoms with van der Waals surface area (Å²) < 4.78 is 4.34. The van der Waals surface area contributed by atoms with E-state index in [1.807, 2.05) is 0 Å². The highest BCUT2D eigenvalue weighted by Gasteiger charge is 1.92. The molecule has 52 valence electrons. The fourth-order valence-electron chi connectivity index (χ4n) is 0.252. The second kappa shape index (κ2) is 5.11. The number of ether oxygens (including phenoxy) is 1. The molecule has 0 bridgehead atoms. The Morgan fingerprint density at radius 1 is 1.89 bits per heavy atom. The molecule has 0 spiro atoms.